The molecule has 1 aliphatic heterocycles. The van der Waals surface area contributed by atoms with Crippen molar-refractivity contribution < 1.29 is 14.3 Å². The Morgan fingerprint density at radius 2 is 1.81 bits per heavy atom. The molecule has 0 radical (unpaired) electrons. The largest absolute Gasteiger partial charge is 0.481 e. The normalized spacial score (nSPS) is 15.0. The van der Waals surface area contributed by atoms with Gasteiger partial charge in [-0.2, -0.15) is 0 Å². The Hall–Kier alpha value is -3.06. The van der Waals surface area contributed by atoms with Gasteiger partial charge in [-0.15, -0.1) is 5.10 Å². The number of rotatable bonds is 5. The minimum Gasteiger partial charge on any atom is -0.481 e. The first-order chi connectivity index (χ1) is 12.6. The highest BCUT2D eigenvalue weighted by molar-refractivity contribution is 5.71. The summed E-state index contributed by atoms with van der Waals surface area (Å²) in [6.45, 7) is 1.94. The Bertz CT molecular complexity index is 915. The Kier molecular flexibility index (Phi) is 4.22. The molecule has 1 N–H and O–H groups in total. The zero-order chi connectivity index (χ0) is 18.1. The molecule has 2 heterocycles. The molecule has 1 saturated heterocycles. The van der Waals surface area contributed by atoms with Crippen molar-refractivity contribution in [1.82, 2.24) is 19.9 Å². The molecule has 1 fully saturated rings. The van der Waals surface area contributed by atoms with Crippen molar-refractivity contribution in [2.24, 2.45) is 5.92 Å². The summed E-state index contributed by atoms with van der Waals surface area (Å²) in [5.74, 6) is -1.25. The SMILES string of the molecule is O=C(O)C1CN(Cc2ccc(-n3cc(-c4ccc(F)cc4)nn3)cc2)C1. The molecule has 0 spiro atoms. The maximum Gasteiger partial charge on any atom is 0.309 e. The van der Waals surface area contributed by atoms with Gasteiger partial charge in [0.25, 0.3) is 0 Å². The number of halogens is 1. The van der Waals surface area contributed by atoms with Crippen LogP contribution in [0.3, 0.4) is 0 Å². The fraction of sp³-hybridized carbons (Fsp3) is 0.211. The first kappa shape index (κ1) is 16.4. The van der Waals surface area contributed by atoms with Crippen LogP contribution in [0, 0.1) is 11.7 Å². The average Bonchev–Trinajstić information content (AvgIpc) is 3.08. The number of benzene rings is 2. The Morgan fingerprint density at radius 3 is 2.46 bits per heavy atom. The van der Waals surface area contributed by atoms with Crippen molar-refractivity contribution in [2.75, 3.05) is 13.1 Å². The molecule has 0 atom stereocenters. The van der Waals surface area contributed by atoms with Gasteiger partial charge in [0.1, 0.15) is 11.5 Å². The van der Waals surface area contributed by atoms with E-state index in [0.717, 1.165) is 23.4 Å². The molecule has 0 bridgehead atoms. The summed E-state index contributed by atoms with van der Waals surface area (Å²) < 4.78 is 14.7. The summed E-state index contributed by atoms with van der Waals surface area (Å²) in [5, 5.41) is 17.2. The van der Waals surface area contributed by atoms with Crippen LogP contribution >= 0.6 is 0 Å². The summed E-state index contributed by atoms with van der Waals surface area (Å²) in [7, 11) is 0. The minimum atomic E-state index is -0.722. The van der Waals surface area contributed by atoms with Gasteiger partial charge in [-0.05, 0) is 42.0 Å². The number of hydrogen-bond acceptors (Lipinski definition) is 4. The average molecular weight is 352 g/mol. The number of nitrogens with zero attached hydrogens (tertiary/aromatic N) is 4. The van der Waals surface area contributed by atoms with Gasteiger partial charge in [0, 0.05) is 25.2 Å². The number of aromatic nitrogens is 3. The number of likely N-dealkylation sites (tertiary alicyclic amines) is 1. The van der Waals surface area contributed by atoms with E-state index in [1.54, 1.807) is 23.0 Å². The Labute approximate surface area is 149 Å². The van der Waals surface area contributed by atoms with Crippen molar-refractivity contribution in [2.45, 2.75) is 6.54 Å². The van der Waals surface area contributed by atoms with E-state index in [-0.39, 0.29) is 11.7 Å². The summed E-state index contributed by atoms with van der Waals surface area (Å²) in [6, 6.07) is 14.0. The van der Waals surface area contributed by atoms with E-state index in [1.807, 2.05) is 24.3 Å². The molecule has 1 aromatic heterocycles. The van der Waals surface area contributed by atoms with Crippen LogP contribution in [0.15, 0.2) is 54.7 Å². The van der Waals surface area contributed by atoms with E-state index in [1.165, 1.54) is 12.1 Å². The van der Waals surface area contributed by atoms with Gasteiger partial charge in [0.2, 0.25) is 0 Å². The molecule has 0 aliphatic carbocycles. The van der Waals surface area contributed by atoms with Crippen LogP contribution in [0.2, 0.25) is 0 Å². The van der Waals surface area contributed by atoms with E-state index in [4.69, 9.17) is 5.11 Å². The van der Waals surface area contributed by atoms with E-state index >= 15 is 0 Å². The molecule has 4 rings (SSSR count). The zero-order valence-electron chi connectivity index (χ0n) is 13.9. The molecular weight excluding hydrogens is 335 g/mol. The molecule has 3 aromatic rings. The minimum absolute atomic E-state index is 0.241. The van der Waals surface area contributed by atoms with Gasteiger partial charge in [-0.1, -0.05) is 17.3 Å². The topological polar surface area (TPSA) is 71.2 Å². The number of aliphatic carboxylic acids is 1. The van der Waals surface area contributed by atoms with Crippen LogP contribution < -0.4 is 0 Å². The zero-order valence-corrected chi connectivity index (χ0v) is 13.9. The van der Waals surface area contributed by atoms with Gasteiger partial charge in [0.05, 0.1) is 17.8 Å². The van der Waals surface area contributed by atoms with Crippen molar-refractivity contribution in [1.29, 1.82) is 0 Å². The van der Waals surface area contributed by atoms with Crippen LogP contribution in [0.4, 0.5) is 4.39 Å². The quantitative estimate of drug-likeness (QED) is 0.764. The van der Waals surface area contributed by atoms with E-state index in [9.17, 15) is 9.18 Å². The van der Waals surface area contributed by atoms with Crippen LogP contribution in [0.25, 0.3) is 16.9 Å². The molecule has 26 heavy (non-hydrogen) atoms. The lowest BCUT2D eigenvalue weighted by Crippen LogP contribution is -2.49. The standard InChI is InChI=1S/C19H17FN4O2/c20-16-5-3-14(4-6-16)18-12-24(22-21-18)17-7-1-13(2-8-17)9-23-10-15(11-23)19(25)26/h1-8,12,15H,9-11H2,(H,25,26). The van der Waals surface area contributed by atoms with Crippen molar-refractivity contribution in [3.05, 3.63) is 66.1 Å². The maximum atomic E-state index is 13.0. The lowest BCUT2D eigenvalue weighted by atomic mass is 9.99. The van der Waals surface area contributed by atoms with E-state index < -0.39 is 5.97 Å². The fourth-order valence-electron chi connectivity index (χ4n) is 3.01. The van der Waals surface area contributed by atoms with Crippen LogP contribution in [0.1, 0.15) is 5.56 Å². The summed E-state index contributed by atoms with van der Waals surface area (Å²) in [4.78, 5) is 12.9. The first-order valence-corrected chi connectivity index (χ1v) is 8.31. The van der Waals surface area contributed by atoms with Crippen molar-refractivity contribution in [3.63, 3.8) is 0 Å². The summed E-state index contributed by atoms with van der Waals surface area (Å²) >= 11 is 0. The van der Waals surface area contributed by atoms with Crippen LogP contribution in [-0.4, -0.2) is 44.1 Å². The van der Waals surface area contributed by atoms with Crippen molar-refractivity contribution in [3.8, 4) is 16.9 Å². The fourth-order valence-corrected chi connectivity index (χ4v) is 3.01. The van der Waals surface area contributed by atoms with Crippen molar-refractivity contribution >= 4 is 5.97 Å². The van der Waals surface area contributed by atoms with Gasteiger partial charge in [-0.3, -0.25) is 9.69 Å². The molecule has 2 aromatic carbocycles. The highest BCUT2D eigenvalue weighted by atomic mass is 19.1. The lowest BCUT2D eigenvalue weighted by Gasteiger charge is -2.36. The summed E-state index contributed by atoms with van der Waals surface area (Å²) in [5.41, 5.74) is 3.48. The first-order valence-electron chi connectivity index (χ1n) is 8.31. The second-order valence-corrected chi connectivity index (χ2v) is 6.45. The molecule has 6 nitrogen and oxygen atoms in total. The molecular formula is C19H17FN4O2. The third-order valence-corrected chi connectivity index (χ3v) is 4.55. The third-order valence-electron chi connectivity index (χ3n) is 4.55. The van der Waals surface area contributed by atoms with Gasteiger partial charge in [-0.25, -0.2) is 9.07 Å². The highest BCUT2D eigenvalue weighted by Crippen LogP contribution is 2.21. The maximum absolute atomic E-state index is 13.0. The lowest BCUT2D eigenvalue weighted by molar-refractivity contribution is -0.147. The predicted octanol–water partition coefficient (Wildman–Crippen LogP) is 2.59. The Balaban J connectivity index is 1.43. The monoisotopic (exact) mass is 352 g/mol. The molecule has 1 aliphatic rings. The molecule has 7 heteroatoms. The van der Waals surface area contributed by atoms with Gasteiger partial charge < -0.3 is 5.11 Å². The third kappa shape index (κ3) is 3.34. The number of carboxylic acid groups (broad SMARTS) is 1. The van der Waals surface area contributed by atoms with E-state index in [2.05, 4.69) is 15.2 Å². The molecule has 0 amide bonds. The molecule has 132 valence electrons. The smallest absolute Gasteiger partial charge is 0.309 e. The Morgan fingerprint density at radius 1 is 1.12 bits per heavy atom. The molecule has 0 unspecified atom stereocenters. The number of carbonyl (C=O) groups is 1. The summed E-state index contributed by atoms with van der Waals surface area (Å²) in [6.07, 6.45) is 1.80. The van der Waals surface area contributed by atoms with Gasteiger partial charge in [0.15, 0.2) is 0 Å². The molecule has 0 saturated carbocycles. The number of carboxylic acids is 1. The highest BCUT2D eigenvalue weighted by Gasteiger charge is 2.32. The number of hydrogen-bond donors (Lipinski definition) is 1. The van der Waals surface area contributed by atoms with E-state index in [0.29, 0.717) is 18.8 Å². The van der Waals surface area contributed by atoms with Gasteiger partial charge >= 0.3 is 5.97 Å². The van der Waals surface area contributed by atoms with Crippen LogP contribution in [0.5, 0.6) is 0 Å². The van der Waals surface area contributed by atoms with Crippen LogP contribution in [-0.2, 0) is 11.3 Å². The second-order valence-electron chi connectivity index (χ2n) is 6.45. The predicted molar refractivity (Wildman–Crippen MR) is 93.2 cm³/mol. The second kappa shape index (κ2) is 6.68.